The first kappa shape index (κ1) is 5.51. The summed E-state index contributed by atoms with van der Waals surface area (Å²) in [5.41, 5.74) is 0. The summed E-state index contributed by atoms with van der Waals surface area (Å²) in [6, 6.07) is 0. The van der Waals surface area contributed by atoms with Gasteiger partial charge in [0.2, 0.25) is 0 Å². The predicted molar refractivity (Wildman–Crippen MR) is 36.6 cm³/mol. The molecule has 1 heterocycles. The van der Waals surface area contributed by atoms with Crippen molar-refractivity contribution in [3.8, 4) is 0 Å². The summed E-state index contributed by atoms with van der Waals surface area (Å²) in [5.74, 6) is 0.311. The Morgan fingerprint density at radius 1 is 1.38 bits per heavy atom. The van der Waals surface area contributed by atoms with Crippen molar-refractivity contribution in [2.24, 2.45) is 0 Å². The van der Waals surface area contributed by atoms with Crippen molar-refractivity contribution < 1.29 is 5.11 Å². The molecule has 1 aliphatic heterocycles. The molecule has 8 heavy (non-hydrogen) atoms. The van der Waals surface area contributed by atoms with Gasteiger partial charge in [0.05, 0.1) is 0 Å². The fraction of sp³-hybridized carbons (Fsp3) is 0. The minimum Gasteiger partial charge on any atom is -0.508 e. The van der Waals surface area contributed by atoms with Crippen molar-refractivity contribution in [2.45, 2.75) is 0 Å². The van der Waals surface area contributed by atoms with Crippen molar-refractivity contribution in [1.82, 2.24) is 0 Å². The SMILES string of the molecule is OC1=CC=CSC=C1. The summed E-state index contributed by atoms with van der Waals surface area (Å²) in [4.78, 5) is 0. The Kier molecular flexibility index (Phi) is 1.80. The normalized spacial score (nSPS) is 17.8. The molecule has 1 rings (SSSR count). The van der Waals surface area contributed by atoms with Gasteiger partial charge < -0.3 is 5.11 Å². The predicted octanol–water partition coefficient (Wildman–Crippen LogP) is 2.20. The van der Waals surface area contributed by atoms with Gasteiger partial charge in [-0.3, -0.25) is 0 Å². The molecule has 0 unspecified atom stereocenters. The van der Waals surface area contributed by atoms with E-state index < -0.39 is 0 Å². The highest BCUT2D eigenvalue weighted by Gasteiger charge is 1.83. The van der Waals surface area contributed by atoms with Gasteiger partial charge in [-0.1, -0.05) is 6.08 Å². The van der Waals surface area contributed by atoms with Crippen LogP contribution < -0.4 is 0 Å². The number of aliphatic hydroxyl groups is 1. The molecule has 0 aromatic carbocycles. The number of hydrogen-bond acceptors (Lipinski definition) is 2. The van der Waals surface area contributed by atoms with E-state index in [2.05, 4.69) is 0 Å². The van der Waals surface area contributed by atoms with Gasteiger partial charge in [-0.15, -0.1) is 11.8 Å². The first-order chi connectivity index (χ1) is 3.89. The molecule has 2 heteroatoms. The van der Waals surface area contributed by atoms with E-state index in [1.54, 1.807) is 30.0 Å². The first-order valence-electron chi connectivity index (χ1n) is 2.27. The zero-order valence-electron chi connectivity index (χ0n) is 4.24. The van der Waals surface area contributed by atoms with Crippen LogP contribution >= 0.6 is 11.8 Å². The van der Waals surface area contributed by atoms with Crippen molar-refractivity contribution in [1.29, 1.82) is 0 Å². The second kappa shape index (κ2) is 2.62. The molecule has 0 atom stereocenters. The molecule has 0 aromatic heterocycles. The summed E-state index contributed by atoms with van der Waals surface area (Å²) in [6.07, 6.45) is 5.11. The third-order valence-corrected chi connectivity index (χ3v) is 1.35. The first-order valence-corrected chi connectivity index (χ1v) is 3.22. The lowest BCUT2D eigenvalue weighted by Crippen LogP contribution is -1.66. The summed E-state index contributed by atoms with van der Waals surface area (Å²) in [5, 5.41) is 12.5. The van der Waals surface area contributed by atoms with E-state index in [0.717, 1.165) is 0 Å². The molecule has 42 valence electrons. The van der Waals surface area contributed by atoms with E-state index in [1.807, 2.05) is 10.8 Å². The fourth-order valence-corrected chi connectivity index (χ4v) is 0.871. The van der Waals surface area contributed by atoms with Gasteiger partial charge in [0, 0.05) is 0 Å². The Balaban J connectivity index is 2.73. The van der Waals surface area contributed by atoms with Crippen molar-refractivity contribution in [3.05, 3.63) is 34.8 Å². The molecule has 0 radical (unpaired) electrons. The maximum atomic E-state index is 8.80. The second-order valence-electron chi connectivity index (χ2n) is 1.36. The lowest BCUT2D eigenvalue weighted by molar-refractivity contribution is 0.433. The average molecular weight is 126 g/mol. The molecule has 0 saturated heterocycles. The van der Waals surface area contributed by atoms with Gasteiger partial charge in [0.1, 0.15) is 5.76 Å². The summed E-state index contributed by atoms with van der Waals surface area (Å²) < 4.78 is 0. The highest BCUT2D eigenvalue weighted by Crippen LogP contribution is 2.09. The molecular formula is C6H6OS. The topological polar surface area (TPSA) is 20.2 Å². The van der Waals surface area contributed by atoms with E-state index in [4.69, 9.17) is 5.11 Å². The highest BCUT2D eigenvalue weighted by atomic mass is 32.2. The van der Waals surface area contributed by atoms with Gasteiger partial charge in [-0.25, -0.2) is 0 Å². The van der Waals surface area contributed by atoms with E-state index in [1.165, 1.54) is 0 Å². The van der Waals surface area contributed by atoms with Crippen LogP contribution in [0.4, 0.5) is 0 Å². The van der Waals surface area contributed by atoms with E-state index in [-0.39, 0.29) is 0 Å². The Morgan fingerprint density at radius 2 is 2.25 bits per heavy atom. The summed E-state index contributed by atoms with van der Waals surface area (Å²) in [7, 11) is 0. The maximum Gasteiger partial charge on any atom is 0.116 e. The largest absolute Gasteiger partial charge is 0.508 e. The van der Waals surface area contributed by atoms with Crippen LogP contribution in [-0.2, 0) is 0 Å². The van der Waals surface area contributed by atoms with Gasteiger partial charge in [-0.2, -0.15) is 0 Å². The lowest BCUT2D eigenvalue weighted by atomic mass is 10.4. The Bertz CT molecular complexity index is 156. The molecule has 1 N–H and O–H groups in total. The van der Waals surface area contributed by atoms with E-state index in [0.29, 0.717) is 5.76 Å². The quantitative estimate of drug-likeness (QED) is 0.537. The maximum absolute atomic E-state index is 8.80. The molecule has 0 aliphatic carbocycles. The zero-order valence-corrected chi connectivity index (χ0v) is 5.06. The van der Waals surface area contributed by atoms with Gasteiger partial charge in [0.25, 0.3) is 0 Å². The summed E-state index contributed by atoms with van der Waals surface area (Å²) >= 11 is 1.55. The van der Waals surface area contributed by atoms with Crippen LogP contribution in [0.1, 0.15) is 0 Å². The molecule has 0 aromatic rings. The molecule has 0 amide bonds. The number of aliphatic hydroxyl groups excluding tert-OH is 1. The molecule has 0 saturated carbocycles. The van der Waals surface area contributed by atoms with E-state index in [9.17, 15) is 0 Å². The summed E-state index contributed by atoms with van der Waals surface area (Å²) in [6.45, 7) is 0. The van der Waals surface area contributed by atoms with Gasteiger partial charge in [0.15, 0.2) is 0 Å². The Labute approximate surface area is 52.4 Å². The van der Waals surface area contributed by atoms with Crippen LogP contribution in [-0.4, -0.2) is 5.11 Å². The van der Waals surface area contributed by atoms with Crippen LogP contribution in [0.3, 0.4) is 0 Å². The molecule has 1 nitrogen and oxygen atoms in total. The van der Waals surface area contributed by atoms with Crippen LogP contribution in [0.2, 0.25) is 0 Å². The standard InChI is InChI=1S/C6H6OS/c7-6-2-1-4-8-5-3-6/h1-5,7H. The number of rotatable bonds is 0. The van der Waals surface area contributed by atoms with Crippen molar-refractivity contribution in [3.63, 3.8) is 0 Å². The lowest BCUT2D eigenvalue weighted by Gasteiger charge is -1.80. The third kappa shape index (κ3) is 1.46. The zero-order chi connectivity index (χ0) is 5.82. The van der Waals surface area contributed by atoms with Crippen molar-refractivity contribution in [2.75, 3.05) is 0 Å². The van der Waals surface area contributed by atoms with Gasteiger partial charge >= 0.3 is 0 Å². The van der Waals surface area contributed by atoms with Crippen molar-refractivity contribution >= 4 is 11.8 Å². The Morgan fingerprint density at radius 3 is 3.12 bits per heavy atom. The third-order valence-electron chi connectivity index (χ3n) is 0.741. The van der Waals surface area contributed by atoms with Crippen LogP contribution in [0.25, 0.3) is 0 Å². The number of allylic oxidation sites excluding steroid dienone is 3. The van der Waals surface area contributed by atoms with E-state index >= 15 is 0 Å². The number of hydrogen-bond donors (Lipinski definition) is 1. The average Bonchev–Trinajstić information content (AvgIpc) is 1.94. The highest BCUT2D eigenvalue weighted by molar-refractivity contribution is 8.04. The van der Waals surface area contributed by atoms with Crippen LogP contribution in [0.5, 0.6) is 0 Å². The molecule has 0 bridgehead atoms. The molecule has 0 fully saturated rings. The Hall–Kier alpha value is -0.630. The minimum absolute atomic E-state index is 0.311. The smallest absolute Gasteiger partial charge is 0.116 e. The van der Waals surface area contributed by atoms with Crippen LogP contribution in [0, 0.1) is 0 Å². The minimum atomic E-state index is 0.311. The molecule has 1 aliphatic rings. The van der Waals surface area contributed by atoms with Crippen LogP contribution in [0.15, 0.2) is 34.8 Å². The van der Waals surface area contributed by atoms with Gasteiger partial charge in [-0.05, 0) is 23.0 Å². The molecule has 0 spiro atoms. The molecular weight excluding hydrogens is 120 g/mol. The monoisotopic (exact) mass is 126 g/mol. The fourth-order valence-electron chi connectivity index (χ4n) is 0.393. The number of thioether (sulfide) groups is 1. The second-order valence-corrected chi connectivity index (χ2v) is 2.18.